The molecule has 0 saturated carbocycles. The van der Waals surface area contributed by atoms with Gasteiger partial charge in [-0.25, -0.2) is 13.1 Å². The number of nitrogens with one attached hydrogen (secondary N) is 1. The van der Waals surface area contributed by atoms with Crippen molar-refractivity contribution in [2.45, 2.75) is 25.3 Å². The molecule has 10 nitrogen and oxygen atoms in total. The minimum atomic E-state index is -3.80. The summed E-state index contributed by atoms with van der Waals surface area (Å²) in [7, 11) is -1.04. The summed E-state index contributed by atoms with van der Waals surface area (Å²) in [5.41, 5.74) is 0.274. The number of hydrogen-bond donors (Lipinski definition) is 1. The lowest BCUT2D eigenvalue weighted by molar-refractivity contribution is 0.336. The number of aromatic nitrogens is 4. The topological polar surface area (TPSA) is 129 Å². The Kier molecular flexibility index (Phi) is 4.56. The predicted octanol–water partition coefficient (Wildman–Crippen LogP) is -0.0279. The van der Waals surface area contributed by atoms with Gasteiger partial charge in [0.1, 0.15) is 10.6 Å². The van der Waals surface area contributed by atoms with E-state index < -0.39 is 10.0 Å². The van der Waals surface area contributed by atoms with Crippen molar-refractivity contribution in [3.63, 3.8) is 0 Å². The van der Waals surface area contributed by atoms with Gasteiger partial charge in [0.15, 0.2) is 11.6 Å². The van der Waals surface area contributed by atoms with Crippen molar-refractivity contribution >= 4 is 10.0 Å². The lowest BCUT2D eigenvalue weighted by Gasteiger charge is -2.07. The van der Waals surface area contributed by atoms with Crippen LogP contribution in [0, 0.1) is 13.8 Å². The number of ether oxygens (including phenoxy) is 2. The zero-order valence-electron chi connectivity index (χ0n) is 12.4. The molecule has 2 aromatic heterocycles. The summed E-state index contributed by atoms with van der Waals surface area (Å²) in [5.74, 6) is 0.356. The minimum absolute atomic E-state index is 0.000450. The third kappa shape index (κ3) is 3.31. The Labute approximate surface area is 126 Å². The van der Waals surface area contributed by atoms with Gasteiger partial charge < -0.3 is 14.0 Å². The second-order valence-corrected chi connectivity index (χ2v) is 5.91. The van der Waals surface area contributed by atoms with Crippen molar-refractivity contribution < 1.29 is 22.4 Å². The molecule has 0 aliphatic rings. The van der Waals surface area contributed by atoms with Gasteiger partial charge in [-0.2, -0.15) is 9.97 Å². The molecule has 11 heteroatoms. The maximum absolute atomic E-state index is 12.3. The molecule has 0 radical (unpaired) electrons. The van der Waals surface area contributed by atoms with E-state index in [9.17, 15) is 8.42 Å². The molecule has 120 valence electrons. The van der Waals surface area contributed by atoms with Crippen LogP contribution in [-0.2, 0) is 16.6 Å². The molecule has 0 spiro atoms. The quantitative estimate of drug-likeness (QED) is 0.776. The zero-order valence-corrected chi connectivity index (χ0v) is 13.3. The molecule has 0 aromatic carbocycles. The van der Waals surface area contributed by atoms with Crippen molar-refractivity contribution in [1.29, 1.82) is 0 Å². The number of hydrogen-bond acceptors (Lipinski definition) is 9. The second-order valence-electron chi connectivity index (χ2n) is 4.20. The van der Waals surface area contributed by atoms with Gasteiger partial charge in [-0.05, 0) is 13.8 Å². The van der Waals surface area contributed by atoms with Crippen LogP contribution >= 0.6 is 0 Å². The summed E-state index contributed by atoms with van der Waals surface area (Å²) in [5, 5.41) is 3.62. The van der Waals surface area contributed by atoms with E-state index in [4.69, 9.17) is 14.0 Å². The first kappa shape index (κ1) is 16.1. The smallest absolute Gasteiger partial charge is 0.322 e. The molecule has 0 aliphatic carbocycles. The van der Waals surface area contributed by atoms with Crippen molar-refractivity contribution in [3.05, 3.63) is 17.3 Å². The van der Waals surface area contributed by atoms with Crippen LogP contribution in [0.2, 0.25) is 0 Å². The lowest BCUT2D eigenvalue weighted by Crippen LogP contribution is -2.25. The molecule has 0 bridgehead atoms. The fourth-order valence-corrected chi connectivity index (χ4v) is 3.03. The third-order valence-electron chi connectivity index (χ3n) is 2.66. The van der Waals surface area contributed by atoms with E-state index in [0.29, 0.717) is 0 Å². The fourth-order valence-electron chi connectivity index (χ4n) is 1.73. The van der Waals surface area contributed by atoms with E-state index >= 15 is 0 Å². The number of methoxy groups -OCH3 is 2. The molecule has 0 saturated heterocycles. The SMILES string of the molecule is COc1nc(CNS(=O)(=O)c2c(C)noc2C)nc(OC)n1. The molecule has 0 atom stereocenters. The number of nitrogens with zero attached hydrogens (tertiary/aromatic N) is 4. The molecule has 2 heterocycles. The standard InChI is InChI=1S/C11H15N5O5S/c1-6-9(7(2)21-16-6)22(17,18)12-5-8-13-10(19-3)15-11(14-8)20-4/h12H,5H2,1-4H3. The van der Waals surface area contributed by atoms with Gasteiger partial charge in [0.25, 0.3) is 0 Å². The van der Waals surface area contributed by atoms with E-state index in [1.807, 2.05) is 0 Å². The maximum Gasteiger partial charge on any atom is 0.322 e. The number of rotatable bonds is 6. The van der Waals surface area contributed by atoms with Crippen LogP contribution in [0.5, 0.6) is 12.0 Å². The minimum Gasteiger partial charge on any atom is -0.467 e. The largest absolute Gasteiger partial charge is 0.467 e. The van der Waals surface area contributed by atoms with Crippen LogP contribution in [-0.4, -0.2) is 42.7 Å². The van der Waals surface area contributed by atoms with Gasteiger partial charge in [-0.3, -0.25) is 0 Å². The van der Waals surface area contributed by atoms with Gasteiger partial charge in [0.2, 0.25) is 10.0 Å². The molecule has 1 N–H and O–H groups in total. The molecule has 22 heavy (non-hydrogen) atoms. The molecule has 2 rings (SSSR count). The molecule has 2 aromatic rings. The van der Waals surface area contributed by atoms with Gasteiger partial charge in [0.05, 0.1) is 20.8 Å². The zero-order chi connectivity index (χ0) is 16.3. The monoisotopic (exact) mass is 329 g/mol. The van der Waals surface area contributed by atoms with Crippen molar-refractivity contribution in [2.75, 3.05) is 14.2 Å². The Morgan fingerprint density at radius 3 is 2.14 bits per heavy atom. The van der Waals surface area contributed by atoms with Crippen LogP contribution < -0.4 is 14.2 Å². The highest BCUT2D eigenvalue weighted by Crippen LogP contribution is 2.19. The van der Waals surface area contributed by atoms with Crippen LogP contribution in [0.1, 0.15) is 17.3 Å². The van der Waals surface area contributed by atoms with Gasteiger partial charge in [-0.1, -0.05) is 5.16 Å². The van der Waals surface area contributed by atoms with Crippen molar-refractivity contribution in [1.82, 2.24) is 24.8 Å². The third-order valence-corrected chi connectivity index (χ3v) is 4.31. The van der Waals surface area contributed by atoms with E-state index in [2.05, 4.69) is 24.8 Å². The van der Waals surface area contributed by atoms with Crippen molar-refractivity contribution in [2.24, 2.45) is 0 Å². The average Bonchev–Trinajstić information content (AvgIpc) is 2.84. The second kappa shape index (κ2) is 6.23. The van der Waals surface area contributed by atoms with E-state index in [0.717, 1.165) is 0 Å². The summed E-state index contributed by atoms with van der Waals surface area (Å²) in [4.78, 5) is 11.7. The lowest BCUT2D eigenvalue weighted by atomic mass is 10.4. The fraction of sp³-hybridized carbons (Fsp3) is 0.455. The Morgan fingerprint density at radius 2 is 1.68 bits per heavy atom. The summed E-state index contributed by atoms with van der Waals surface area (Å²) < 4.78 is 41.6. The Bertz CT molecular complexity index is 731. The van der Waals surface area contributed by atoms with E-state index in [1.165, 1.54) is 21.1 Å². The van der Waals surface area contributed by atoms with Gasteiger partial charge >= 0.3 is 12.0 Å². The summed E-state index contributed by atoms with van der Waals surface area (Å²) in [6.45, 7) is 2.89. The normalized spacial score (nSPS) is 11.5. The van der Waals surface area contributed by atoms with E-state index in [1.54, 1.807) is 6.92 Å². The van der Waals surface area contributed by atoms with Crippen LogP contribution in [0.4, 0.5) is 0 Å². The van der Waals surface area contributed by atoms with Crippen LogP contribution in [0.25, 0.3) is 0 Å². The van der Waals surface area contributed by atoms with Crippen molar-refractivity contribution in [3.8, 4) is 12.0 Å². The molecular weight excluding hydrogens is 314 g/mol. The highest BCUT2D eigenvalue weighted by atomic mass is 32.2. The Morgan fingerprint density at radius 1 is 1.09 bits per heavy atom. The predicted molar refractivity (Wildman–Crippen MR) is 72.9 cm³/mol. The first-order valence-corrected chi connectivity index (χ1v) is 7.61. The highest BCUT2D eigenvalue weighted by Gasteiger charge is 2.24. The molecular formula is C11H15N5O5S. The first-order valence-electron chi connectivity index (χ1n) is 6.13. The highest BCUT2D eigenvalue weighted by molar-refractivity contribution is 7.89. The Balaban J connectivity index is 2.22. The van der Waals surface area contributed by atoms with Gasteiger partial charge in [0, 0.05) is 0 Å². The number of aryl methyl sites for hydroxylation is 2. The molecule has 0 unspecified atom stereocenters. The first-order chi connectivity index (χ1) is 10.4. The summed E-state index contributed by atoms with van der Waals surface area (Å²) >= 11 is 0. The molecule has 0 amide bonds. The van der Waals surface area contributed by atoms with Crippen LogP contribution in [0.15, 0.2) is 9.42 Å². The average molecular weight is 329 g/mol. The maximum atomic E-state index is 12.3. The molecule has 0 fully saturated rings. The van der Waals surface area contributed by atoms with Crippen LogP contribution in [0.3, 0.4) is 0 Å². The van der Waals surface area contributed by atoms with E-state index in [-0.39, 0.29) is 40.7 Å². The summed E-state index contributed by atoms with van der Waals surface area (Å²) in [6, 6.07) is 0.0526. The molecule has 0 aliphatic heterocycles. The number of sulfonamides is 1. The Hall–Kier alpha value is -2.27. The van der Waals surface area contributed by atoms with Gasteiger partial charge in [-0.15, -0.1) is 4.98 Å². The summed E-state index contributed by atoms with van der Waals surface area (Å²) in [6.07, 6.45) is 0.